The van der Waals surface area contributed by atoms with Crippen LogP contribution in [0.25, 0.3) is 10.9 Å². The molecule has 0 unspecified atom stereocenters. The average Bonchev–Trinajstić information content (AvgIpc) is 2.59. The molecule has 0 aliphatic heterocycles. The smallest absolute Gasteiger partial charge is 0.125 e. The van der Waals surface area contributed by atoms with Crippen molar-refractivity contribution in [2.75, 3.05) is 0 Å². The van der Waals surface area contributed by atoms with Crippen LogP contribution in [0, 0.1) is 5.82 Å². The summed E-state index contributed by atoms with van der Waals surface area (Å²) < 4.78 is 13.2. The van der Waals surface area contributed by atoms with E-state index in [1.165, 1.54) is 12.1 Å². The topological polar surface area (TPSA) is 36.0 Å². The van der Waals surface area contributed by atoms with Crippen molar-refractivity contribution in [2.24, 2.45) is 0 Å². The summed E-state index contributed by atoms with van der Waals surface area (Å²) in [4.78, 5) is 3.16. The molecule has 1 aromatic carbocycles. The lowest BCUT2D eigenvalue weighted by Gasteiger charge is -1.98. The van der Waals surface area contributed by atoms with Crippen molar-refractivity contribution < 1.29 is 9.50 Å². The minimum absolute atomic E-state index is 0.135. The van der Waals surface area contributed by atoms with E-state index in [2.05, 4.69) is 18.8 Å². The molecule has 1 aromatic heterocycles. The molecule has 15 heavy (non-hydrogen) atoms. The number of aromatic nitrogens is 1. The molecule has 0 aliphatic rings. The first-order chi connectivity index (χ1) is 7.11. The van der Waals surface area contributed by atoms with Crippen LogP contribution < -0.4 is 0 Å². The van der Waals surface area contributed by atoms with Crippen LogP contribution in [-0.4, -0.2) is 10.1 Å². The standard InChI is InChI=1S/C12H14FNO/c1-7(2)11-5-10-8(6-15)3-9(13)4-12(10)14-11/h3-5,7,14-15H,6H2,1-2H3. The van der Waals surface area contributed by atoms with Crippen LogP contribution in [0.1, 0.15) is 31.0 Å². The molecule has 0 fully saturated rings. The summed E-state index contributed by atoms with van der Waals surface area (Å²) >= 11 is 0. The lowest BCUT2D eigenvalue weighted by atomic mass is 10.1. The Labute approximate surface area is 87.7 Å². The van der Waals surface area contributed by atoms with Crippen molar-refractivity contribution in [3.05, 3.63) is 35.3 Å². The van der Waals surface area contributed by atoms with Gasteiger partial charge in [-0.1, -0.05) is 13.8 Å². The maximum absolute atomic E-state index is 13.2. The Morgan fingerprint density at radius 2 is 2.07 bits per heavy atom. The van der Waals surface area contributed by atoms with E-state index in [1.807, 2.05) is 6.07 Å². The van der Waals surface area contributed by atoms with E-state index in [0.717, 1.165) is 16.6 Å². The quantitative estimate of drug-likeness (QED) is 0.780. The summed E-state index contributed by atoms with van der Waals surface area (Å²) in [5, 5.41) is 10.0. The highest BCUT2D eigenvalue weighted by Crippen LogP contribution is 2.25. The van der Waals surface area contributed by atoms with Gasteiger partial charge in [-0.15, -0.1) is 0 Å². The van der Waals surface area contributed by atoms with E-state index < -0.39 is 0 Å². The Morgan fingerprint density at radius 3 is 2.67 bits per heavy atom. The molecule has 3 heteroatoms. The highest BCUT2D eigenvalue weighted by Gasteiger charge is 2.09. The molecule has 2 aromatic rings. The molecule has 0 spiro atoms. The van der Waals surface area contributed by atoms with Crippen molar-refractivity contribution in [1.29, 1.82) is 0 Å². The molecule has 0 saturated carbocycles. The van der Waals surface area contributed by atoms with Gasteiger partial charge in [0.15, 0.2) is 0 Å². The van der Waals surface area contributed by atoms with Crippen LogP contribution in [0.15, 0.2) is 18.2 Å². The number of halogens is 1. The first-order valence-electron chi connectivity index (χ1n) is 5.03. The van der Waals surface area contributed by atoms with Gasteiger partial charge in [0, 0.05) is 16.6 Å². The van der Waals surface area contributed by atoms with Gasteiger partial charge in [-0.05, 0) is 29.7 Å². The van der Waals surface area contributed by atoms with Gasteiger partial charge in [0.2, 0.25) is 0 Å². The van der Waals surface area contributed by atoms with Crippen molar-refractivity contribution in [3.63, 3.8) is 0 Å². The molecule has 2 rings (SSSR count). The van der Waals surface area contributed by atoms with Crippen molar-refractivity contribution in [2.45, 2.75) is 26.4 Å². The third-order valence-corrected chi connectivity index (χ3v) is 2.60. The average molecular weight is 207 g/mol. The van der Waals surface area contributed by atoms with E-state index in [0.29, 0.717) is 11.5 Å². The van der Waals surface area contributed by atoms with E-state index in [-0.39, 0.29) is 12.4 Å². The van der Waals surface area contributed by atoms with Gasteiger partial charge in [0.25, 0.3) is 0 Å². The number of nitrogens with one attached hydrogen (secondary N) is 1. The Bertz CT molecular complexity index is 488. The lowest BCUT2D eigenvalue weighted by Crippen LogP contribution is -1.86. The van der Waals surface area contributed by atoms with Crippen LogP contribution in [0.4, 0.5) is 4.39 Å². The summed E-state index contributed by atoms with van der Waals surface area (Å²) in [6, 6.07) is 4.81. The zero-order valence-electron chi connectivity index (χ0n) is 8.84. The van der Waals surface area contributed by atoms with Crippen molar-refractivity contribution in [1.82, 2.24) is 4.98 Å². The summed E-state index contributed by atoms with van der Waals surface area (Å²) in [5.74, 6) is 0.0516. The molecule has 0 bridgehead atoms. The number of aromatic amines is 1. The summed E-state index contributed by atoms with van der Waals surface area (Å²) in [6.45, 7) is 4.00. The minimum Gasteiger partial charge on any atom is -0.392 e. The maximum Gasteiger partial charge on any atom is 0.125 e. The zero-order chi connectivity index (χ0) is 11.0. The molecule has 1 heterocycles. The largest absolute Gasteiger partial charge is 0.392 e. The van der Waals surface area contributed by atoms with Gasteiger partial charge in [-0.2, -0.15) is 0 Å². The highest BCUT2D eigenvalue weighted by atomic mass is 19.1. The molecule has 0 saturated heterocycles. The van der Waals surface area contributed by atoms with Gasteiger partial charge >= 0.3 is 0 Å². The van der Waals surface area contributed by atoms with Crippen LogP contribution in [-0.2, 0) is 6.61 Å². The third kappa shape index (κ3) is 1.75. The maximum atomic E-state index is 13.2. The number of hydrogen-bond acceptors (Lipinski definition) is 1. The van der Waals surface area contributed by atoms with Crippen LogP contribution in [0.5, 0.6) is 0 Å². The molecule has 0 radical (unpaired) electrons. The van der Waals surface area contributed by atoms with Crippen LogP contribution >= 0.6 is 0 Å². The van der Waals surface area contributed by atoms with Gasteiger partial charge in [0.05, 0.1) is 6.61 Å². The van der Waals surface area contributed by atoms with E-state index in [1.54, 1.807) is 0 Å². The molecular weight excluding hydrogens is 193 g/mol. The first kappa shape index (κ1) is 10.2. The molecule has 0 atom stereocenters. The molecule has 0 aliphatic carbocycles. The number of H-pyrrole nitrogens is 1. The fourth-order valence-corrected chi connectivity index (χ4v) is 1.74. The summed E-state index contributed by atoms with van der Waals surface area (Å²) in [6.07, 6.45) is 0. The summed E-state index contributed by atoms with van der Waals surface area (Å²) in [7, 11) is 0. The molecular formula is C12H14FNO. The van der Waals surface area contributed by atoms with Gasteiger partial charge in [-0.25, -0.2) is 4.39 Å². The SMILES string of the molecule is CC(C)c1cc2c(CO)cc(F)cc2[nH]1. The number of aliphatic hydroxyl groups excluding tert-OH is 1. The fourth-order valence-electron chi connectivity index (χ4n) is 1.74. The van der Waals surface area contributed by atoms with Crippen LogP contribution in [0.2, 0.25) is 0 Å². The zero-order valence-corrected chi connectivity index (χ0v) is 8.84. The Balaban J connectivity index is 2.68. The molecule has 2 nitrogen and oxygen atoms in total. The van der Waals surface area contributed by atoms with Crippen molar-refractivity contribution >= 4 is 10.9 Å². The normalized spacial score (nSPS) is 11.5. The summed E-state index contributed by atoms with van der Waals surface area (Å²) in [5.41, 5.74) is 2.45. The predicted octanol–water partition coefficient (Wildman–Crippen LogP) is 2.92. The second-order valence-corrected chi connectivity index (χ2v) is 4.06. The van der Waals surface area contributed by atoms with Gasteiger partial charge in [0.1, 0.15) is 5.82 Å². The predicted molar refractivity (Wildman–Crippen MR) is 58.3 cm³/mol. The van der Waals surface area contributed by atoms with Gasteiger partial charge < -0.3 is 10.1 Å². The monoisotopic (exact) mass is 207 g/mol. The second-order valence-electron chi connectivity index (χ2n) is 4.06. The number of rotatable bonds is 2. The van der Waals surface area contributed by atoms with Gasteiger partial charge in [-0.3, -0.25) is 0 Å². The Hall–Kier alpha value is -1.35. The molecule has 0 amide bonds. The first-order valence-corrected chi connectivity index (χ1v) is 5.03. The lowest BCUT2D eigenvalue weighted by molar-refractivity contribution is 0.283. The molecule has 80 valence electrons. The van der Waals surface area contributed by atoms with Crippen molar-refractivity contribution in [3.8, 4) is 0 Å². The fraction of sp³-hybridized carbons (Fsp3) is 0.333. The number of aliphatic hydroxyl groups is 1. The Kier molecular flexibility index (Phi) is 2.49. The molecule has 2 N–H and O–H groups in total. The minimum atomic E-state index is -0.316. The Morgan fingerprint density at radius 1 is 1.33 bits per heavy atom. The number of fused-ring (bicyclic) bond motifs is 1. The highest BCUT2D eigenvalue weighted by molar-refractivity contribution is 5.84. The second kappa shape index (κ2) is 3.66. The number of benzene rings is 1. The van der Waals surface area contributed by atoms with E-state index >= 15 is 0 Å². The van der Waals surface area contributed by atoms with E-state index in [9.17, 15) is 4.39 Å². The van der Waals surface area contributed by atoms with Crippen LogP contribution in [0.3, 0.4) is 0 Å². The third-order valence-electron chi connectivity index (χ3n) is 2.60. The van der Waals surface area contributed by atoms with E-state index in [4.69, 9.17) is 5.11 Å². The number of hydrogen-bond donors (Lipinski definition) is 2.